The van der Waals surface area contributed by atoms with Gasteiger partial charge in [-0.3, -0.25) is 0 Å². The molecule has 0 spiro atoms. The van der Waals surface area contributed by atoms with Crippen molar-refractivity contribution in [3.05, 3.63) is 193 Å². The number of hydrogen-bond acceptors (Lipinski definition) is 4. The molecule has 0 bridgehead atoms. The summed E-state index contributed by atoms with van der Waals surface area (Å²) in [6.45, 7) is 0. The quantitative estimate of drug-likeness (QED) is 0.189. The van der Waals surface area contributed by atoms with Crippen LogP contribution in [0.2, 0.25) is 0 Å². The SMILES string of the molecule is c1ccc(C2(c3ccccc3)c3cc(-c4ccc(-c5ncco5)cc4)ccc3-c3ccc(-c4ccc(-c5ncco5)cc4)cc32)cc1. The Labute approximate surface area is 272 Å². The van der Waals surface area contributed by atoms with Gasteiger partial charge in [0.05, 0.1) is 17.8 Å². The minimum Gasteiger partial charge on any atom is -0.445 e. The number of hydrogen-bond donors (Lipinski definition) is 0. The fraction of sp³-hybridized carbons (Fsp3) is 0.0233. The third-order valence-corrected chi connectivity index (χ3v) is 9.35. The maximum Gasteiger partial charge on any atom is 0.225 e. The van der Waals surface area contributed by atoms with E-state index in [4.69, 9.17) is 8.83 Å². The predicted octanol–water partition coefficient (Wildman–Crippen LogP) is 10.7. The number of rotatable bonds is 6. The Kier molecular flexibility index (Phi) is 6.32. The average Bonchev–Trinajstić information content (AvgIpc) is 3.93. The van der Waals surface area contributed by atoms with Crippen molar-refractivity contribution in [3.8, 4) is 56.3 Å². The van der Waals surface area contributed by atoms with Gasteiger partial charge in [-0.05, 0) is 92.0 Å². The Morgan fingerprint density at radius 3 is 1.15 bits per heavy atom. The van der Waals surface area contributed by atoms with Crippen molar-refractivity contribution in [2.45, 2.75) is 5.41 Å². The van der Waals surface area contributed by atoms with E-state index in [1.54, 1.807) is 24.9 Å². The van der Waals surface area contributed by atoms with Crippen LogP contribution in [0.4, 0.5) is 0 Å². The number of fused-ring (bicyclic) bond motifs is 3. The molecule has 0 unspecified atom stereocenters. The van der Waals surface area contributed by atoms with Crippen molar-refractivity contribution >= 4 is 0 Å². The van der Waals surface area contributed by atoms with E-state index < -0.39 is 5.41 Å². The average molecular weight is 605 g/mol. The molecule has 4 nitrogen and oxygen atoms in total. The van der Waals surface area contributed by atoms with Crippen LogP contribution in [0.1, 0.15) is 22.3 Å². The standard InChI is InChI=1S/C43H28N2O2/c1-3-7-35(8-4-1)43(36-9-5-2-6-10-36)39-27-33(29-11-15-31(16-12-29)41-44-23-25-46-41)19-21-37(39)38-22-20-34(28-40(38)43)30-13-17-32(18-14-30)42-45-24-26-47-42/h1-28H. The van der Waals surface area contributed by atoms with Gasteiger partial charge in [-0.2, -0.15) is 0 Å². The molecule has 0 aliphatic heterocycles. The van der Waals surface area contributed by atoms with E-state index in [0.717, 1.165) is 33.4 Å². The second-order valence-corrected chi connectivity index (χ2v) is 11.8. The molecule has 0 radical (unpaired) electrons. The van der Waals surface area contributed by atoms with Crippen molar-refractivity contribution in [2.24, 2.45) is 0 Å². The summed E-state index contributed by atoms with van der Waals surface area (Å²) in [6.07, 6.45) is 6.56. The van der Waals surface area contributed by atoms with E-state index in [0.29, 0.717) is 11.8 Å². The van der Waals surface area contributed by atoms with Crippen LogP contribution in [0, 0.1) is 0 Å². The summed E-state index contributed by atoms with van der Waals surface area (Å²) in [5.74, 6) is 1.24. The van der Waals surface area contributed by atoms with Crippen LogP contribution in [-0.4, -0.2) is 9.97 Å². The summed E-state index contributed by atoms with van der Waals surface area (Å²) in [5, 5.41) is 0. The monoisotopic (exact) mass is 604 g/mol. The molecule has 4 heteroatoms. The van der Waals surface area contributed by atoms with Crippen LogP contribution in [0.3, 0.4) is 0 Å². The van der Waals surface area contributed by atoms with E-state index in [9.17, 15) is 0 Å². The van der Waals surface area contributed by atoms with Gasteiger partial charge in [0, 0.05) is 11.1 Å². The van der Waals surface area contributed by atoms with Gasteiger partial charge in [-0.1, -0.05) is 109 Å². The van der Waals surface area contributed by atoms with Gasteiger partial charge in [0.15, 0.2) is 0 Å². The molecule has 2 heterocycles. The summed E-state index contributed by atoms with van der Waals surface area (Å²) in [6, 6.07) is 52.6. The normalized spacial score (nSPS) is 12.9. The zero-order valence-electron chi connectivity index (χ0n) is 25.4. The van der Waals surface area contributed by atoms with Crippen LogP contribution in [0.5, 0.6) is 0 Å². The maximum absolute atomic E-state index is 5.53. The zero-order valence-corrected chi connectivity index (χ0v) is 25.4. The van der Waals surface area contributed by atoms with Crippen molar-refractivity contribution in [1.29, 1.82) is 0 Å². The first kappa shape index (κ1) is 27.1. The summed E-state index contributed by atoms with van der Waals surface area (Å²) >= 11 is 0. The summed E-state index contributed by atoms with van der Waals surface area (Å²) in [7, 11) is 0. The molecule has 47 heavy (non-hydrogen) atoms. The second kappa shape index (κ2) is 11.0. The van der Waals surface area contributed by atoms with Crippen molar-refractivity contribution < 1.29 is 8.83 Å². The van der Waals surface area contributed by atoms with Gasteiger partial charge in [-0.25, -0.2) is 9.97 Å². The lowest BCUT2D eigenvalue weighted by Crippen LogP contribution is -2.28. The van der Waals surface area contributed by atoms with Gasteiger partial charge in [0.2, 0.25) is 11.8 Å². The highest BCUT2D eigenvalue weighted by atomic mass is 16.3. The fourth-order valence-electron chi connectivity index (χ4n) is 7.19. The lowest BCUT2D eigenvalue weighted by atomic mass is 9.67. The molecule has 222 valence electrons. The number of benzene rings is 6. The summed E-state index contributed by atoms with van der Waals surface area (Å²) in [5.41, 5.74) is 13.5. The molecule has 2 aromatic heterocycles. The van der Waals surface area contributed by atoms with Crippen molar-refractivity contribution in [3.63, 3.8) is 0 Å². The molecule has 9 rings (SSSR count). The van der Waals surface area contributed by atoms with Gasteiger partial charge >= 0.3 is 0 Å². The van der Waals surface area contributed by atoms with Crippen LogP contribution in [0.15, 0.2) is 179 Å². The Bertz CT molecular complexity index is 2140. The van der Waals surface area contributed by atoms with Crippen LogP contribution in [0.25, 0.3) is 56.3 Å². The first-order valence-corrected chi connectivity index (χ1v) is 15.7. The van der Waals surface area contributed by atoms with Gasteiger partial charge in [-0.15, -0.1) is 0 Å². The lowest BCUT2D eigenvalue weighted by molar-refractivity contribution is 0.574. The molecule has 6 aromatic carbocycles. The molecular weight excluding hydrogens is 576 g/mol. The van der Waals surface area contributed by atoms with E-state index in [2.05, 4.69) is 156 Å². The lowest BCUT2D eigenvalue weighted by Gasteiger charge is -2.34. The predicted molar refractivity (Wildman–Crippen MR) is 186 cm³/mol. The molecule has 1 aliphatic rings. The summed E-state index contributed by atoms with van der Waals surface area (Å²) < 4.78 is 11.1. The molecule has 0 N–H and O–H groups in total. The van der Waals surface area contributed by atoms with Crippen molar-refractivity contribution in [1.82, 2.24) is 9.97 Å². The van der Waals surface area contributed by atoms with Gasteiger partial charge < -0.3 is 8.83 Å². The number of aromatic nitrogens is 2. The molecule has 8 aromatic rings. The minimum atomic E-state index is -0.519. The second-order valence-electron chi connectivity index (χ2n) is 11.8. The van der Waals surface area contributed by atoms with E-state index in [-0.39, 0.29) is 0 Å². The third kappa shape index (κ3) is 4.38. The first-order chi connectivity index (χ1) is 23.3. The molecule has 1 aliphatic carbocycles. The molecule has 0 atom stereocenters. The van der Waals surface area contributed by atoms with Crippen LogP contribution >= 0.6 is 0 Å². The Hall–Kier alpha value is -6.26. The Morgan fingerprint density at radius 2 is 0.766 bits per heavy atom. The summed E-state index contributed by atoms with van der Waals surface area (Å²) in [4.78, 5) is 8.63. The highest BCUT2D eigenvalue weighted by molar-refractivity contribution is 5.90. The van der Waals surface area contributed by atoms with Gasteiger partial charge in [0.25, 0.3) is 0 Å². The minimum absolute atomic E-state index is 0.519. The topological polar surface area (TPSA) is 52.1 Å². The Balaban J connectivity index is 1.24. The maximum atomic E-state index is 5.53. The van der Waals surface area contributed by atoms with E-state index >= 15 is 0 Å². The van der Waals surface area contributed by atoms with Crippen LogP contribution < -0.4 is 0 Å². The van der Waals surface area contributed by atoms with Crippen molar-refractivity contribution in [2.75, 3.05) is 0 Å². The number of oxazole rings is 2. The van der Waals surface area contributed by atoms with E-state index in [1.165, 1.54) is 33.4 Å². The number of nitrogens with zero attached hydrogens (tertiary/aromatic N) is 2. The molecule has 0 amide bonds. The fourth-order valence-corrected chi connectivity index (χ4v) is 7.19. The smallest absolute Gasteiger partial charge is 0.225 e. The zero-order chi connectivity index (χ0) is 31.2. The molecular formula is C43H28N2O2. The first-order valence-electron chi connectivity index (χ1n) is 15.7. The highest BCUT2D eigenvalue weighted by Gasteiger charge is 2.46. The molecule has 0 saturated carbocycles. The third-order valence-electron chi connectivity index (χ3n) is 9.35. The molecule has 0 saturated heterocycles. The molecule has 0 fully saturated rings. The van der Waals surface area contributed by atoms with Crippen LogP contribution in [-0.2, 0) is 5.41 Å². The Morgan fingerprint density at radius 1 is 0.383 bits per heavy atom. The largest absolute Gasteiger partial charge is 0.445 e. The van der Waals surface area contributed by atoms with Gasteiger partial charge in [0.1, 0.15) is 12.5 Å². The highest BCUT2D eigenvalue weighted by Crippen LogP contribution is 2.57. The van der Waals surface area contributed by atoms with E-state index in [1.807, 2.05) is 0 Å².